The Morgan fingerprint density at radius 2 is 0.549 bits per heavy atom. The van der Waals surface area contributed by atoms with Crippen molar-refractivity contribution < 1.29 is 80.2 Å². The normalized spacial score (nSPS) is 14.7. The second-order valence-corrected chi connectivity index (χ2v) is 28.5. The highest BCUT2D eigenvalue weighted by atomic mass is 31.2. The Kier molecular flexibility index (Phi) is 70.5. The summed E-state index contributed by atoms with van der Waals surface area (Å²) in [5.41, 5.74) is 0. The van der Waals surface area contributed by atoms with E-state index < -0.39 is 97.5 Å². The van der Waals surface area contributed by atoms with E-state index in [1.54, 1.807) is 12.2 Å². The molecule has 0 amide bonds. The van der Waals surface area contributed by atoms with Crippen LogP contribution in [0.25, 0.3) is 0 Å². The van der Waals surface area contributed by atoms with Crippen molar-refractivity contribution in [2.24, 2.45) is 0 Å². The maximum absolute atomic E-state index is 13.1. The van der Waals surface area contributed by atoms with Gasteiger partial charge in [0.2, 0.25) is 0 Å². The van der Waals surface area contributed by atoms with Crippen LogP contribution in [-0.4, -0.2) is 96.7 Å². The zero-order valence-corrected chi connectivity index (χ0v) is 65.3. The molecule has 582 valence electrons. The van der Waals surface area contributed by atoms with Gasteiger partial charge in [-0.1, -0.05) is 289 Å². The summed E-state index contributed by atoms with van der Waals surface area (Å²) < 4.78 is 68.4. The molecule has 17 nitrogen and oxygen atoms in total. The summed E-state index contributed by atoms with van der Waals surface area (Å²) in [7, 11) is -10.0. The smallest absolute Gasteiger partial charge is 0.462 e. The molecular weight excluding hydrogens is 1330 g/mol. The third-order valence-electron chi connectivity index (χ3n) is 15.8. The highest BCUT2D eigenvalue weighted by Crippen LogP contribution is 2.45. The van der Waals surface area contributed by atoms with Gasteiger partial charge in [0.15, 0.2) is 12.2 Å². The summed E-state index contributed by atoms with van der Waals surface area (Å²) in [4.78, 5) is 72.9. The van der Waals surface area contributed by atoms with Gasteiger partial charge in [-0.25, -0.2) is 9.13 Å². The number of esters is 4. The van der Waals surface area contributed by atoms with Gasteiger partial charge >= 0.3 is 39.5 Å². The van der Waals surface area contributed by atoms with Crippen LogP contribution in [-0.2, 0) is 65.4 Å². The molecule has 0 saturated carbocycles. The van der Waals surface area contributed by atoms with Gasteiger partial charge in [0.25, 0.3) is 0 Å². The van der Waals surface area contributed by atoms with E-state index in [4.69, 9.17) is 37.0 Å². The van der Waals surface area contributed by atoms with Gasteiger partial charge in [-0.2, -0.15) is 0 Å². The minimum atomic E-state index is -5.01. The highest BCUT2D eigenvalue weighted by molar-refractivity contribution is 7.47. The van der Waals surface area contributed by atoms with Crippen LogP contribution >= 0.6 is 15.6 Å². The van der Waals surface area contributed by atoms with Gasteiger partial charge in [0.1, 0.15) is 19.3 Å². The van der Waals surface area contributed by atoms with Crippen LogP contribution < -0.4 is 0 Å². The molecule has 0 heterocycles. The van der Waals surface area contributed by atoms with E-state index in [-0.39, 0.29) is 25.7 Å². The predicted octanol–water partition coefficient (Wildman–Crippen LogP) is 22.7. The van der Waals surface area contributed by atoms with Crippen LogP contribution in [0, 0.1) is 0 Å². The fraction of sp³-hybridized carbons (Fsp3) is 0.663. The lowest BCUT2D eigenvalue weighted by Crippen LogP contribution is -2.30. The number of allylic oxidation sites excluding steroid dienone is 23. The molecule has 102 heavy (non-hydrogen) atoms. The minimum Gasteiger partial charge on any atom is -0.462 e. The van der Waals surface area contributed by atoms with Crippen molar-refractivity contribution in [3.63, 3.8) is 0 Å². The van der Waals surface area contributed by atoms with Crippen LogP contribution in [0.15, 0.2) is 146 Å². The van der Waals surface area contributed by atoms with Crippen molar-refractivity contribution in [1.82, 2.24) is 0 Å². The van der Waals surface area contributed by atoms with Crippen molar-refractivity contribution >= 4 is 39.5 Å². The first kappa shape index (κ1) is 96.9. The van der Waals surface area contributed by atoms with Crippen LogP contribution in [0.3, 0.4) is 0 Å². The number of aliphatic hydroxyl groups excluding tert-OH is 1. The van der Waals surface area contributed by atoms with E-state index in [0.717, 1.165) is 148 Å². The molecule has 0 aliphatic rings. The maximum atomic E-state index is 13.1. The van der Waals surface area contributed by atoms with Crippen molar-refractivity contribution in [3.8, 4) is 0 Å². The average molecular weight is 1470 g/mol. The van der Waals surface area contributed by atoms with Crippen LogP contribution in [0.5, 0.6) is 0 Å². The Morgan fingerprint density at radius 3 is 0.902 bits per heavy atom. The number of carbonyl (C=O) groups excluding carboxylic acids is 4. The number of hydrogen-bond acceptors (Lipinski definition) is 15. The Morgan fingerprint density at radius 1 is 0.294 bits per heavy atom. The molecule has 0 aromatic carbocycles. The van der Waals surface area contributed by atoms with Gasteiger partial charge in [-0.3, -0.25) is 37.3 Å². The molecular formula is C83H138O17P2. The zero-order chi connectivity index (χ0) is 74.6. The van der Waals surface area contributed by atoms with Crippen molar-refractivity contribution in [2.75, 3.05) is 39.6 Å². The average Bonchev–Trinajstić information content (AvgIpc) is 0.924. The van der Waals surface area contributed by atoms with Crippen molar-refractivity contribution in [2.45, 2.75) is 316 Å². The minimum absolute atomic E-state index is 0.0887. The lowest BCUT2D eigenvalue weighted by molar-refractivity contribution is -0.161. The molecule has 0 aliphatic carbocycles. The topological polar surface area (TPSA) is 237 Å². The second kappa shape index (κ2) is 74.2. The van der Waals surface area contributed by atoms with Crippen LogP contribution in [0.2, 0.25) is 0 Å². The number of ether oxygens (including phenoxy) is 4. The molecule has 0 aromatic rings. The van der Waals surface area contributed by atoms with Crippen LogP contribution in [0.4, 0.5) is 0 Å². The quantitative estimate of drug-likeness (QED) is 0.0169. The fourth-order valence-corrected chi connectivity index (χ4v) is 11.5. The lowest BCUT2D eigenvalue weighted by Gasteiger charge is -2.21. The van der Waals surface area contributed by atoms with Crippen molar-refractivity contribution in [3.05, 3.63) is 146 Å². The van der Waals surface area contributed by atoms with E-state index in [1.807, 2.05) is 12.2 Å². The summed E-state index contributed by atoms with van der Waals surface area (Å²) in [5.74, 6) is -2.38. The summed E-state index contributed by atoms with van der Waals surface area (Å²) in [6, 6.07) is 0. The van der Waals surface area contributed by atoms with E-state index in [0.29, 0.717) is 25.7 Å². The predicted molar refractivity (Wildman–Crippen MR) is 417 cm³/mol. The molecule has 5 atom stereocenters. The molecule has 5 unspecified atom stereocenters. The molecule has 19 heteroatoms. The Bertz CT molecular complexity index is 2510. The van der Waals surface area contributed by atoms with Crippen LogP contribution in [0.1, 0.15) is 297 Å². The van der Waals surface area contributed by atoms with Gasteiger partial charge in [0, 0.05) is 19.3 Å². The molecule has 0 aromatic heterocycles. The zero-order valence-electron chi connectivity index (χ0n) is 63.5. The second-order valence-electron chi connectivity index (χ2n) is 25.6. The Balaban J connectivity index is 5.46. The first-order valence-electron chi connectivity index (χ1n) is 39.1. The van der Waals surface area contributed by atoms with E-state index in [9.17, 15) is 43.2 Å². The maximum Gasteiger partial charge on any atom is 0.472 e. The Hall–Kier alpha value is -5.06. The fourth-order valence-electron chi connectivity index (χ4n) is 9.94. The molecule has 0 fully saturated rings. The lowest BCUT2D eigenvalue weighted by atomic mass is 10.0. The summed E-state index contributed by atoms with van der Waals surface area (Å²) in [6.07, 6.45) is 84.4. The summed E-state index contributed by atoms with van der Waals surface area (Å²) >= 11 is 0. The number of rotatable bonds is 72. The van der Waals surface area contributed by atoms with Gasteiger partial charge in [0.05, 0.1) is 32.8 Å². The van der Waals surface area contributed by atoms with Gasteiger partial charge in [-0.15, -0.1) is 0 Å². The number of aliphatic hydroxyl groups is 1. The number of unbranched alkanes of at least 4 members (excludes halogenated alkanes) is 23. The third-order valence-corrected chi connectivity index (χ3v) is 17.7. The molecule has 3 N–H and O–H groups in total. The number of carbonyl (C=O) groups is 4. The standard InChI is InChI=1S/C83H138O17P2/c1-5-9-13-17-21-25-29-33-36-37-38-39-42-45-48-52-56-60-64-68-81(86)94-74-79(100-83(88)70-66-62-58-54-50-46-41-35-31-27-23-19-15-11-7-3)76-98-102(91,92)96-72-77(84)71-95-101(89,90)97-75-78(99-82(87)69-65-61-57-53-49-43-32-28-24-20-16-12-8-4)73-93-80(85)67-63-59-55-51-47-44-40-34-30-26-22-18-14-10-6-2/h9,11,13,15,21-23,25-27,33-36,38-41,45,48,50,54,62,66,77-79,84H,5-8,10,12,14,16-20,24,28-32,37,42-44,46-47,49,51-53,55-61,63-65,67-76H2,1-4H3,(H,89,90)(H,91,92)/b13-9-,15-11-,25-21-,26-22-,27-23-,36-33-,39-38-,40-34-,41-35-,48-45-,54-50-,66-62-. The molecule has 0 rings (SSSR count). The number of phosphoric acid groups is 2. The van der Waals surface area contributed by atoms with E-state index >= 15 is 0 Å². The first-order chi connectivity index (χ1) is 49.7. The molecule has 0 bridgehead atoms. The third kappa shape index (κ3) is 73.3. The molecule has 0 aliphatic heterocycles. The molecule has 0 spiro atoms. The summed E-state index contributed by atoms with van der Waals surface area (Å²) in [5, 5.41) is 10.6. The van der Waals surface area contributed by atoms with Gasteiger partial charge < -0.3 is 33.8 Å². The number of hydrogen-bond donors (Lipinski definition) is 3. The SMILES string of the molecule is CC/C=C\C/C=C\C/C=C\C/C=C\C/C=C\CCCCCC(=O)OCC(COP(=O)(O)OCC(O)COP(=O)(O)OCC(COC(=O)CCCCCCC/C=C\C/C=C\CCCCC)OC(=O)CCCCCCCCCCCCCCC)OC(=O)C/C=C\C/C=C\C/C=C\C/C=C\C/C=C\CC. The molecule has 0 radical (unpaired) electrons. The monoisotopic (exact) mass is 1470 g/mol. The molecule has 0 saturated heterocycles. The van der Waals surface area contributed by atoms with Gasteiger partial charge in [-0.05, 0) is 128 Å². The van der Waals surface area contributed by atoms with E-state index in [1.165, 1.54) is 70.6 Å². The Labute approximate surface area is 617 Å². The summed E-state index contributed by atoms with van der Waals surface area (Å²) in [6.45, 7) is 4.45. The largest absolute Gasteiger partial charge is 0.472 e. The van der Waals surface area contributed by atoms with Crippen molar-refractivity contribution in [1.29, 1.82) is 0 Å². The van der Waals surface area contributed by atoms with E-state index in [2.05, 4.69) is 149 Å². The highest BCUT2D eigenvalue weighted by Gasteiger charge is 2.30. The number of phosphoric ester groups is 2. The first-order valence-corrected chi connectivity index (χ1v) is 42.1.